The van der Waals surface area contributed by atoms with E-state index in [0.29, 0.717) is 46.0 Å². The van der Waals surface area contributed by atoms with Crippen LogP contribution in [0.2, 0.25) is 10.0 Å². The average molecular weight is 443 g/mol. The molecule has 1 amide bonds. The number of carbonyl (C=O) groups is 1. The molecule has 2 aromatic carbocycles. The molecule has 0 aliphatic rings. The molecular weight excluding hydrogens is 423 g/mol. The third kappa shape index (κ3) is 6.74. The van der Waals surface area contributed by atoms with Crippen LogP contribution in [-0.4, -0.2) is 31.8 Å². The molecule has 0 saturated heterocycles. The molecule has 0 heterocycles. The van der Waals surface area contributed by atoms with Crippen LogP contribution >= 0.6 is 35.4 Å². The zero-order chi connectivity index (χ0) is 20.5. The van der Waals surface area contributed by atoms with Gasteiger partial charge < -0.3 is 24.8 Å². The lowest BCUT2D eigenvalue weighted by molar-refractivity contribution is -0.119. The zero-order valence-electron chi connectivity index (χ0n) is 15.4. The van der Waals surface area contributed by atoms with Crippen molar-refractivity contribution >= 4 is 52.1 Å². The highest BCUT2D eigenvalue weighted by Gasteiger charge is 2.10. The molecule has 0 saturated carbocycles. The lowest BCUT2D eigenvalue weighted by Crippen LogP contribution is -2.34. The van der Waals surface area contributed by atoms with Gasteiger partial charge in [-0.2, -0.15) is 0 Å². The lowest BCUT2D eigenvalue weighted by atomic mass is 10.2. The van der Waals surface area contributed by atoms with Crippen LogP contribution in [0.3, 0.4) is 0 Å². The molecule has 0 radical (unpaired) electrons. The molecule has 2 N–H and O–H groups in total. The van der Waals surface area contributed by atoms with E-state index in [1.54, 1.807) is 43.5 Å². The number of methoxy groups -OCH3 is 2. The number of ether oxygens (including phenoxy) is 3. The molecule has 28 heavy (non-hydrogen) atoms. The fourth-order valence-electron chi connectivity index (χ4n) is 2.25. The van der Waals surface area contributed by atoms with Crippen molar-refractivity contribution < 1.29 is 19.0 Å². The summed E-state index contributed by atoms with van der Waals surface area (Å²) >= 11 is 17.0. The third-order valence-corrected chi connectivity index (χ3v) is 4.34. The first-order valence-corrected chi connectivity index (χ1v) is 9.50. The van der Waals surface area contributed by atoms with Crippen molar-refractivity contribution in [3.8, 4) is 17.2 Å². The monoisotopic (exact) mass is 442 g/mol. The summed E-state index contributed by atoms with van der Waals surface area (Å²) in [5.74, 6) is 1.49. The molecule has 0 unspecified atom stereocenters. The van der Waals surface area contributed by atoms with E-state index in [0.717, 1.165) is 0 Å². The summed E-state index contributed by atoms with van der Waals surface area (Å²) in [7, 11) is 3.10. The largest absolute Gasteiger partial charge is 0.497 e. The highest BCUT2D eigenvalue weighted by atomic mass is 35.5. The summed E-state index contributed by atoms with van der Waals surface area (Å²) in [5.41, 5.74) is 0.620. The van der Waals surface area contributed by atoms with Crippen LogP contribution in [0.15, 0.2) is 36.4 Å². The van der Waals surface area contributed by atoms with Gasteiger partial charge in [-0.3, -0.25) is 4.79 Å². The van der Waals surface area contributed by atoms with Gasteiger partial charge in [0.2, 0.25) is 5.91 Å². The molecular formula is C19H20Cl2N2O4S. The maximum atomic E-state index is 12.0. The zero-order valence-corrected chi connectivity index (χ0v) is 17.7. The number of carbonyl (C=O) groups excluding carboxylic acids is 1. The average Bonchev–Trinajstić information content (AvgIpc) is 2.66. The summed E-state index contributed by atoms with van der Waals surface area (Å²) in [6, 6.07) is 10.2. The number of anilines is 1. The van der Waals surface area contributed by atoms with Crippen molar-refractivity contribution in [2.24, 2.45) is 0 Å². The first-order valence-electron chi connectivity index (χ1n) is 8.33. The fourth-order valence-corrected chi connectivity index (χ4v) is 2.94. The Kier molecular flexibility index (Phi) is 8.63. The van der Waals surface area contributed by atoms with Crippen LogP contribution < -0.4 is 24.8 Å². The minimum absolute atomic E-state index is 0.176. The van der Waals surface area contributed by atoms with Crippen molar-refractivity contribution in [1.29, 1.82) is 0 Å². The van der Waals surface area contributed by atoms with Gasteiger partial charge in [0.05, 0.1) is 31.5 Å². The van der Waals surface area contributed by atoms with Gasteiger partial charge in [0.25, 0.3) is 0 Å². The van der Waals surface area contributed by atoms with E-state index in [2.05, 4.69) is 10.6 Å². The topological polar surface area (TPSA) is 68.8 Å². The summed E-state index contributed by atoms with van der Waals surface area (Å²) in [5, 5.41) is 6.69. The first-order chi connectivity index (χ1) is 13.4. The standard InChI is InChI=1S/C19H20Cl2N2O4S/c1-25-13-6-7-15(17(11-13)26-2)22-19(28)23-18(24)4-3-9-27-16-8-5-12(20)10-14(16)21/h5-8,10-11H,3-4,9H2,1-2H3,(H2,22,23,24,28). The van der Waals surface area contributed by atoms with E-state index in [1.807, 2.05) is 0 Å². The third-order valence-electron chi connectivity index (χ3n) is 3.61. The second-order valence-corrected chi connectivity index (χ2v) is 6.85. The van der Waals surface area contributed by atoms with Crippen molar-refractivity contribution in [2.75, 3.05) is 26.1 Å². The van der Waals surface area contributed by atoms with Gasteiger partial charge in [-0.15, -0.1) is 0 Å². The van der Waals surface area contributed by atoms with Crippen molar-refractivity contribution in [2.45, 2.75) is 12.8 Å². The maximum Gasteiger partial charge on any atom is 0.226 e. The molecule has 0 fully saturated rings. The highest BCUT2D eigenvalue weighted by Crippen LogP contribution is 2.29. The van der Waals surface area contributed by atoms with Crippen molar-refractivity contribution in [3.05, 3.63) is 46.4 Å². The van der Waals surface area contributed by atoms with Crippen LogP contribution in [0, 0.1) is 0 Å². The minimum atomic E-state index is -0.226. The number of hydrogen-bond acceptors (Lipinski definition) is 5. The summed E-state index contributed by atoms with van der Waals surface area (Å²) < 4.78 is 16.0. The van der Waals surface area contributed by atoms with Gasteiger partial charge in [0.1, 0.15) is 17.2 Å². The number of thiocarbonyl (C=S) groups is 1. The van der Waals surface area contributed by atoms with Crippen LogP contribution in [0.5, 0.6) is 17.2 Å². The fraction of sp³-hybridized carbons (Fsp3) is 0.263. The van der Waals surface area contributed by atoms with Gasteiger partial charge in [0.15, 0.2) is 5.11 Å². The molecule has 2 rings (SSSR count). The van der Waals surface area contributed by atoms with Crippen LogP contribution in [0.4, 0.5) is 5.69 Å². The number of nitrogens with one attached hydrogen (secondary N) is 2. The van der Waals surface area contributed by atoms with E-state index < -0.39 is 0 Å². The van der Waals surface area contributed by atoms with Gasteiger partial charge in [-0.25, -0.2) is 0 Å². The molecule has 150 valence electrons. The Bertz CT molecular complexity index is 849. The van der Waals surface area contributed by atoms with Gasteiger partial charge >= 0.3 is 0 Å². The van der Waals surface area contributed by atoms with Crippen molar-refractivity contribution in [1.82, 2.24) is 5.32 Å². The Hall–Kier alpha value is -2.22. The molecule has 0 aliphatic heterocycles. The molecule has 0 bridgehead atoms. The molecule has 0 aromatic heterocycles. The lowest BCUT2D eigenvalue weighted by Gasteiger charge is -2.14. The Morgan fingerprint density at radius 3 is 2.54 bits per heavy atom. The summed E-state index contributed by atoms with van der Waals surface area (Å²) in [4.78, 5) is 12.0. The van der Waals surface area contributed by atoms with Crippen molar-refractivity contribution in [3.63, 3.8) is 0 Å². The molecule has 2 aromatic rings. The Labute approximate surface area is 179 Å². The SMILES string of the molecule is COc1ccc(NC(=S)NC(=O)CCCOc2ccc(Cl)cc2Cl)c(OC)c1. The van der Waals surface area contributed by atoms with E-state index in [1.165, 1.54) is 7.11 Å². The van der Waals surface area contributed by atoms with Crippen LogP contribution in [0.25, 0.3) is 0 Å². The number of rotatable bonds is 8. The maximum absolute atomic E-state index is 12.0. The second kappa shape index (κ2) is 10.9. The minimum Gasteiger partial charge on any atom is -0.497 e. The molecule has 0 atom stereocenters. The molecule has 0 spiro atoms. The molecule has 9 heteroatoms. The quantitative estimate of drug-likeness (QED) is 0.456. The van der Waals surface area contributed by atoms with E-state index >= 15 is 0 Å². The van der Waals surface area contributed by atoms with E-state index in [4.69, 9.17) is 49.6 Å². The van der Waals surface area contributed by atoms with Gasteiger partial charge in [-0.05, 0) is 49.0 Å². The second-order valence-electron chi connectivity index (χ2n) is 5.60. The Morgan fingerprint density at radius 2 is 1.86 bits per heavy atom. The normalized spacial score (nSPS) is 10.1. The molecule has 6 nitrogen and oxygen atoms in total. The predicted molar refractivity (Wildman–Crippen MR) is 115 cm³/mol. The Balaban J connectivity index is 1.76. The van der Waals surface area contributed by atoms with Gasteiger partial charge in [-0.1, -0.05) is 23.2 Å². The number of amides is 1. The van der Waals surface area contributed by atoms with Crippen LogP contribution in [0.1, 0.15) is 12.8 Å². The van der Waals surface area contributed by atoms with Crippen LogP contribution in [-0.2, 0) is 4.79 Å². The highest BCUT2D eigenvalue weighted by molar-refractivity contribution is 7.80. The molecule has 0 aliphatic carbocycles. The Morgan fingerprint density at radius 1 is 1.07 bits per heavy atom. The smallest absolute Gasteiger partial charge is 0.226 e. The number of halogens is 2. The summed E-state index contributed by atoms with van der Waals surface area (Å²) in [6.45, 7) is 0.335. The number of benzene rings is 2. The van der Waals surface area contributed by atoms with E-state index in [9.17, 15) is 4.79 Å². The summed E-state index contributed by atoms with van der Waals surface area (Å²) in [6.07, 6.45) is 0.742. The van der Waals surface area contributed by atoms with Gasteiger partial charge in [0, 0.05) is 17.5 Å². The predicted octanol–water partition coefficient (Wildman–Crippen LogP) is 4.68. The van der Waals surface area contributed by atoms with E-state index in [-0.39, 0.29) is 17.4 Å². The first kappa shape index (κ1) is 22.1. The number of hydrogen-bond donors (Lipinski definition) is 2.